The van der Waals surface area contributed by atoms with Crippen LogP contribution in [-0.4, -0.2) is 63.4 Å². The Morgan fingerprint density at radius 2 is 1.74 bits per heavy atom. The number of carbonyl (C=O) groups is 2. The highest BCUT2D eigenvalue weighted by molar-refractivity contribution is 7.92. The first-order chi connectivity index (χ1) is 18.8. The van der Waals surface area contributed by atoms with Crippen molar-refractivity contribution < 1.29 is 27.5 Å². The van der Waals surface area contributed by atoms with Crippen molar-refractivity contribution in [1.29, 1.82) is 0 Å². The third-order valence-electron chi connectivity index (χ3n) is 7.37. The zero-order chi connectivity index (χ0) is 27.8. The number of fused-ring (bicyclic) bond motifs is 1. The molecule has 1 aliphatic heterocycles. The first-order valence-corrected chi connectivity index (χ1v) is 15.6. The van der Waals surface area contributed by atoms with Gasteiger partial charge in [0.05, 0.1) is 11.9 Å². The molecule has 39 heavy (non-hydrogen) atoms. The lowest BCUT2D eigenvalue weighted by Gasteiger charge is -2.32. The van der Waals surface area contributed by atoms with Gasteiger partial charge in [-0.15, -0.1) is 0 Å². The molecule has 2 aromatic rings. The molecule has 1 saturated carbocycles. The van der Waals surface area contributed by atoms with Crippen LogP contribution in [0.3, 0.4) is 0 Å². The molecule has 9 nitrogen and oxygen atoms in total. The van der Waals surface area contributed by atoms with E-state index < -0.39 is 16.1 Å². The fraction of sp³-hybridized carbons (Fsp3) is 0.517. The van der Waals surface area contributed by atoms with Crippen molar-refractivity contribution in [2.75, 3.05) is 30.4 Å². The zero-order valence-electron chi connectivity index (χ0n) is 22.8. The SMILES string of the molecule is CC[C@@H](C(=O)NC1CCCC1)N(CCc1ccccc1)C(=O)CCCN(c1ccc2c(c1)OCO2)S(C)(=O)=O. The quantitative estimate of drug-likeness (QED) is 0.401. The van der Waals surface area contributed by atoms with Crippen molar-refractivity contribution in [2.45, 2.75) is 70.4 Å². The molecule has 1 N–H and O–H groups in total. The first-order valence-electron chi connectivity index (χ1n) is 13.8. The third-order valence-corrected chi connectivity index (χ3v) is 8.56. The highest BCUT2D eigenvalue weighted by Gasteiger charge is 2.30. The van der Waals surface area contributed by atoms with Crippen LogP contribution in [0.1, 0.15) is 57.4 Å². The van der Waals surface area contributed by atoms with Gasteiger partial charge in [-0.05, 0) is 49.8 Å². The lowest BCUT2D eigenvalue weighted by Crippen LogP contribution is -2.52. The molecule has 4 rings (SSSR count). The largest absolute Gasteiger partial charge is 0.454 e. The van der Waals surface area contributed by atoms with Crippen molar-refractivity contribution in [2.24, 2.45) is 0 Å². The van der Waals surface area contributed by atoms with Crippen molar-refractivity contribution in [3.8, 4) is 11.5 Å². The Balaban J connectivity index is 1.44. The van der Waals surface area contributed by atoms with E-state index in [1.54, 1.807) is 23.1 Å². The Kier molecular flexibility index (Phi) is 9.72. The number of nitrogens with one attached hydrogen (secondary N) is 1. The highest BCUT2D eigenvalue weighted by atomic mass is 32.2. The number of ether oxygens (including phenoxy) is 2. The molecule has 0 bridgehead atoms. The summed E-state index contributed by atoms with van der Waals surface area (Å²) in [4.78, 5) is 28.5. The lowest BCUT2D eigenvalue weighted by molar-refractivity contribution is -0.141. The number of sulfonamides is 1. The van der Waals surface area contributed by atoms with Crippen molar-refractivity contribution in [1.82, 2.24) is 10.2 Å². The van der Waals surface area contributed by atoms with Crippen LogP contribution in [0.15, 0.2) is 48.5 Å². The average Bonchev–Trinajstić information content (AvgIpc) is 3.60. The van der Waals surface area contributed by atoms with Crippen LogP contribution in [0, 0.1) is 0 Å². The summed E-state index contributed by atoms with van der Waals surface area (Å²) < 4.78 is 37.2. The number of anilines is 1. The van der Waals surface area contributed by atoms with Gasteiger partial charge < -0.3 is 19.7 Å². The highest BCUT2D eigenvalue weighted by Crippen LogP contribution is 2.36. The Labute approximate surface area is 231 Å². The number of carbonyl (C=O) groups excluding carboxylic acids is 2. The molecule has 212 valence electrons. The van der Waals surface area contributed by atoms with Gasteiger partial charge in [0.15, 0.2) is 11.5 Å². The number of benzene rings is 2. The van der Waals surface area contributed by atoms with Crippen LogP contribution in [0.4, 0.5) is 5.69 Å². The van der Waals surface area contributed by atoms with E-state index in [0.717, 1.165) is 37.5 Å². The number of nitrogens with zero attached hydrogens (tertiary/aromatic N) is 2. The average molecular weight is 558 g/mol. The van der Waals surface area contributed by atoms with E-state index in [4.69, 9.17) is 9.47 Å². The van der Waals surface area contributed by atoms with Crippen molar-refractivity contribution in [3.63, 3.8) is 0 Å². The first kappa shape index (κ1) is 28.7. The monoisotopic (exact) mass is 557 g/mol. The molecule has 1 heterocycles. The van der Waals surface area contributed by atoms with E-state index in [0.29, 0.717) is 43.0 Å². The summed E-state index contributed by atoms with van der Waals surface area (Å²) in [6.07, 6.45) is 6.88. The van der Waals surface area contributed by atoms with Crippen LogP contribution in [0.5, 0.6) is 11.5 Å². The summed E-state index contributed by atoms with van der Waals surface area (Å²) >= 11 is 0. The maximum atomic E-state index is 13.6. The maximum Gasteiger partial charge on any atom is 0.243 e. The molecule has 0 radical (unpaired) electrons. The van der Waals surface area contributed by atoms with Crippen molar-refractivity contribution >= 4 is 27.5 Å². The van der Waals surface area contributed by atoms with Gasteiger partial charge in [-0.25, -0.2) is 8.42 Å². The Hall–Kier alpha value is -3.27. The Morgan fingerprint density at radius 3 is 2.44 bits per heavy atom. The van der Waals surface area contributed by atoms with Gasteiger partial charge in [0.1, 0.15) is 6.04 Å². The molecule has 1 aliphatic carbocycles. The standard InChI is InChI=1S/C29H39N3O6S/c1-3-25(29(34)30-23-12-7-8-13-23)31(19-17-22-10-5-4-6-11-22)28(33)14-9-18-32(39(2,35)36)24-15-16-26-27(20-24)38-21-37-26/h4-6,10-11,15-16,20,23,25H,3,7-9,12-14,17-19,21H2,1-2H3,(H,30,34)/t25-/m0/s1. The molecule has 0 unspecified atom stereocenters. The second kappa shape index (κ2) is 13.2. The van der Waals surface area contributed by atoms with Crippen LogP contribution in [-0.2, 0) is 26.0 Å². The number of rotatable bonds is 13. The molecular weight excluding hydrogens is 518 g/mol. The topological polar surface area (TPSA) is 105 Å². The smallest absolute Gasteiger partial charge is 0.243 e. The summed E-state index contributed by atoms with van der Waals surface area (Å²) in [5.74, 6) is 0.795. The van der Waals surface area contributed by atoms with Gasteiger partial charge in [0, 0.05) is 31.6 Å². The van der Waals surface area contributed by atoms with E-state index >= 15 is 0 Å². The molecule has 2 amide bonds. The number of hydrogen-bond acceptors (Lipinski definition) is 6. The Bertz CT molecular complexity index is 1230. The van der Waals surface area contributed by atoms with Gasteiger partial charge in [-0.2, -0.15) is 0 Å². The van der Waals surface area contributed by atoms with Gasteiger partial charge in [-0.1, -0.05) is 50.1 Å². The normalized spacial score (nSPS) is 15.6. The second-order valence-electron chi connectivity index (χ2n) is 10.2. The summed E-state index contributed by atoms with van der Waals surface area (Å²) in [6, 6.07) is 14.5. The summed E-state index contributed by atoms with van der Waals surface area (Å²) in [6.45, 7) is 2.56. The van der Waals surface area contributed by atoms with Crippen LogP contribution >= 0.6 is 0 Å². The van der Waals surface area contributed by atoms with Gasteiger partial charge in [0.25, 0.3) is 0 Å². The van der Waals surface area contributed by atoms with E-state index in [1.165, 1.54) is 4.31 Å². The minimum absolute atomic E-state index is 0.0951. The van der Waals surface area contributed by atoms with E-state index in [1.807, 2.05) is 37.3 Å². The third kappa shape index (κ3) is 7.65. The van der Waals surface area contributed by atoms with Gasteiger partial charge in [-0.3, -0.25) is 13.9 Å². The minimum atomic E-state index is -3.60. The van der Waals surface area contributed by atoms with Gasteiger partial charge >= 0.3 is 0 Å². The molecule has 0 aromatic heterocycles. The van der Waals surface area contributed by atoms with E-state index in [2.05, 4.69) is 5.32 Å². The lowest BCUT2D eigenvalue weighted by atomic mass is 10.1. The molecular formula is C29H39N3O6S. The summed E-state index contributed by atoms with van der Waals surface area (Å²) in [7, 11) is -3.60. The van der Waals surface area contributed by atoms with E-state index in [-0.39, 0.29) is 37.6 Å². The van der Waals surface area contributed by atoms with Crippen molar-refractivity contribution in [3.05, 3.63) is 54.1 Å². The Morgan fingerprint density at radius 1 is 1.03 bits per heavy atom. The number of hydrogen-bond donors (Lipinski definition) is 1. The van der Waals surface area contributed by atoms with Gasteiger partial charge in [0.2, 0.25) is 28.6 Å². The molecule has 0 spiro atoms. The van der Waals surface area contributed by atoms with Crippen LogP contribution < -0.4 is 19.1 Å². The molecule has 2 aromatic carbocycles. The predicted molar refractivity (Wildman–Crippen MR) is 150 cm³/mol. The summed E-state index contributed by atoms with van der Waals surface area (Å²) in [5, 5.41) is 3.16. The second-order valence-corrected chi connectivity index (χ2v) is 12.1. The molecule has 10 heteroatoms. The van der Waals surface area contributed by atoms with Crippen LogP contribution in [0.2, 0.25) is 0 Å². The maximum absolute atomic E-state index is 13.6. The number of amides is 2. The van der Waals surface area contributed by atoms with E-state index in [9.17, 15) is 18.0 Å². The van der Waals surface area contributed by atoms with Crippen LogP contribution in [0.25, 0.3) is 0 Å². The molecule has 1 fully saturated rings. The molecule has 1 atom stereocenters. The fourth-order valence-electron chi connectivity index (χ4n) is 5.31. The zero-order valence-corrected chi connectivity index (χ0v) is 23.6. The molecule has 2 aliphatic rings. The molecule has 0 saturated heterocycles. The minimum Gasteiger partial charge on any atom is -0.454 e. The summed E-state index contributed by atoms with van der Waals surface area (Å²) in [5.41, 5.74) is 1.55. The predicted octanol–water partition coefficient (Wildman–Crippen LogP) is 3.87. The fourth-order valence-corrected chi connectivity index (χ4v) is 6.26.